The molecular weight excluding hydrogens is 291 g/mol. The first-order valence-electron chi connectivity index (χ1n) is 4.91. The summed E-state index contributed by atoms with van der Waals surface area (Å²) >= 11 is 0. The molecule has 0 aromatic heterocycles. The van der Waals surface area contributed by atoms with Gasteiger partial charge in [-0.2, -0.15) is 0 Å². The summed E-state index contributed by atoms with van der Waals surface area (Å²) in [6.45, 7) is 1.81. The maximum absolute atomic E-state index is 9.62. The summed E-state index contributed by atoms with van der Waals surface area (Å²) in [5.74, 6) is 0.334. The number of aliphatic hydroxyl groups excluding tert-OH is 1. The molecule has 0 fully saturated rings. The topological polar surface area (TPSA) is 20.2 Å². The number of halogens is 2. The average molecular weight is 305 g/mol. The monoisotopic (exact) mass is 304 g/mol. The third-order valence-corrected chi connectivity index (χ3v) is 2.55. The minimum absolute atomic E-state index is 0. The van der Waals surface area contributed by atoms with Crippen molar-refractivity contribution in [1.82, 2.24) is 0 Å². The van der Waals surface area contributed by atoms with Crippen molar-refractivity contribution >= 4 is 0 Å². The van der Waals surface area contributed by atoms with Gasteiger partial charge in [-0.15, -0.1) is 0 Å². The Labute approximate surface area is 130 Å². The number of benzene rings is 1. The number of hydrogen-bond acceptors (Lipinski definition) is 1. The molecule has 1 nitrogen and oxygen atoms in total. The van der Waals surface area contributed by atoms with E-state index in [9.17, 15) is 5.11 Å². The summed E-state index contributed by atoms with van der Waals surface area (Å²) in [5, 5.41) is 9.62. The predicted octanol–water partition coefficient (Wildman–Crippen LogP) is -3.04. The van der Waals surface area contributed by atoms with E-state index in [-0.39, 0.29) is 46.5 Å². The maximum Gasteiger partial charge on any atom is 2.00 e. The van der Waals surface area contributed by atoms with Gasteiger partial charge in [0.05, 0.1) is 6.10 Å². The third kappa shape index (κ3) is 4.61. The Bertz CT molecular complexity index is 377. The summed E-state index contributed by atoms with van der Waals surface area (Å²) in [5.41, 5.74) is 2.22. The molecule has 4 heteroatoms. The predicted molar refractivity (Wildman–Crippen MR) is 58.1 cm³/mol. The van der Waals surface area contributed by atoms with Crippen LogP contribution in [0.15, 0.2) is 48.6 Å². The van der Waals surface area contributed by atoms with E-state index < -0.39 is 6.10 Å². The second kappa shape index (κ2) is 8.96. The molecule has 17 heavy (non-hydrogen) atoms. The van der Waals surface area contributed by atoms with Crippen LogP contribution >= 0.6 is 0 Å². The van der Waals surface area contributed by atoms with E-state index in [0.717, 1.165) is 5.56 Å². The molecule has 1 aromatic carbocycles. The molecule has 90 valence electrons. The minimum atomic E-state index is -0.395. The Morgan fingerprint density at radius 1 is 1.06 bits per heavy atom. The maximum atomic E-state index is 9.62. The average Bonchev–Trinajstić information content (AvgIpc) is 2.70. The minimum Gasteiger partial charge on any atom is -1.00 e. The first-order chi connectivity index (χ1) is 6.79. The van der Waals surface area contributed by atoms with Gasteiger partial charge in [0.1, 0.15) is 0 Å². The van der Waals surface area contributed by atoms with Crippen LogP contribution in [0.3, 0.4) is 0 Å². The Hall–Kier alpha value is -0.0457. The summed E-state index contributed by atoms with van der Waals surface area (Å²) in [6.07, 6.45) is 7.98. The fourth-order valence-electron chi connectivity index (χ4n) is 1.83. The summed E-state index contributed by atoms with van der Waals surface area (Å²) in [7, 11) is 0. The molecule has 0 bridgehead atoms. The van der Waals surface area contributed by atoms with Crippen molar-refractivity contribution < 1.29 is 51.6 Å². The molecule has 0 aliphatic heterocycles. The van der Waals surface area contributed by atoms with Crippen molar-refractivity contribution in [1.29, 1.82) is 0 Å². The number of allylic oxidation sites excluding steroid dienone is 4. The fourth-order valence-corrected chi connectivity index (χ4v) is 1.83. The van der Waals surface area contributed by atoms with Crippen molar-refractivity contribution in [3.63, 3.8) is 0 Å². The van der Waals surface area contributed by atoms with Crippen molar-refractivity contribution in [3.05, 3.63) is 59.7 Å². The molecule has 2 rings (SSSR count). The van der Waals surface area contributed by atoms with Crippen molar-refractivity contribution in [2.75, 3.05) is 0 Å². The molecule has 0 spiro atoms. The first-order valence-corrected chi connectivity index (χ1v) is 4.91. The van der Waals surface area contributed by atoms with Crippen molar-refractivity contribution in [3.8, 4) is 0 Å². The quantitative estimate of drug-likeness (QED) is 0.576. The molecule has 1 aromatic rings. The van der Waals surface area contributed by atoms with Crippen LogP contribution in [0.1, 0.15) is 30.1 Å². The van der Waals surface area contributed by atoms with E-state index in [1.165, 1.54) is 5.56 Å². The van der Waals surface area contributed by atoms with Gasteiger partial charge in [-0.3, -0.25) is 0 Å². The van der Waals surface area contributed by atoms with Crippen LogP contribution in [0.5, 0.6) is 0 Å². The second-order valence-corrected chi connectivity index (χ2v) is 3.60. The van der Waals surface area contributed by atoms with Crippen molar-refractivity contribution in [2.24, 2.45) is 0 Å². The Kier molecular flexibility index (Phi) is 10.2. The molecule has 0 amide bonds. The van der Waals surface area contributed by atoms with Gasteiger partial charge in [0, 0.05) is 5.92 Å². The van der Waals surface area contributed by atoms with E-state index in [2.05, 4.69) is 18.2 Å². The molecule has 1 aliphatic rings. The van der Waals surface area contributed by atoms with Crippen LogP contribution in [0.25, 0.3) is 0 Å². The van der Waals surface area contributed by atoms with Gasteiger partial charge in [0.2, 0.25) is 0 Å². The van der Waals surface area contributed by atoms with E-state index in [0.29, 0.717) is 5.92 Å². The Morgan fingerprint density at radius 3 is 2.12 bits per heavy atom. The van der Waals surface area contributed by atoms with E-state index in [1.54, 1.807) is 6.92 Å². The molecule has 1 aliphatic carbocycles. The number of hydrogen-bond donors (Lipinski definition) is 1. The van der Waals surface area contributed by atoms with E-state index >= 15 is 0 Å². The van der Waals surface area contributed by atoms with Crippen LogP contribution in [-0.4, -0.2) is 5.11 Å². The van der Waals surface area contributed by atoms with Gasteiger partial charge < -0.3 is 29.9 Å². The van der Waals surface area contributed by atoms with Crippen molar-refractivity contribution in [2.45, 2.75) is 18.9 Å². The first kappa shape index (κ1) is 19.3. The van der Waals surface area contributed by atoms with Gasteiger partial charge in [0.15, 0.2) is 0 Å². The smallest absolute Gasteiger partial charge is 1.00 e. The van der Waals surface area contributed by atoms with Crippen LogP contribution in [0.2, 0.25) is 0 Å². The van der Waals surface area contributed by atoms with Crippen LogP contribution in [0.4, 0.5) is 0 Å². The van der Waals surface area contributed by atoms with Gasteiger partial charge in [-0.1, -0.05) is 48.6 Å². The van der Waals surface area contributed by atoms with E-state index in [1.807, 2.05) is 30.4 Å². The SMILES string of the molecule is CC(O)c1ccccc1C1C=CC=C1.[Cl-].[Cl-].[Ti+2]. The van der Waals surface area contributed by atoms with Gasteiger partial charge in [-0.25, -0.2) is 0 Å². The van der Waals surface area contributed by atoms with E-state index in [4.69, 9.17) is 0 Å². The molecular formula is C13H14Cl2OTi. The zero-order chi connectivity index (χ0) is 9.97. The Morgan fingerprint density at radius 2 is 1.59 bits per heavy atom. The standard InChI is InChI=1S/C13H14O.2ClH.Ti/c1-10(14)12-8-4-5-9-13(12)11-6-2-3-7-11;;;/h2-11,14H,1H3;2*1H;/q;;;+2/p-2. The Balaban J connectivity index is 0. The molecule has 0 radical (unpaired) electrons. The van der Waals surface area contributed by atoms with Crippen LogP contribution in [-0.2, 0) is 21.7 Å². The van der Waals surface area contributed by atoms with Gasteiger partial charge >= 0.3 is 21.7 Å². The third-order valence-electron chi connectivity index (χ3n) is 2.55. The summed E-state index contributed by atoms with van der Waals surface area (Å²) in [6, 6.07) is 8.04. The summed E-state index contributed by atoms with van der Waals surface area (Å²) < 4.78 is 0. The normalized spacial score (nSPS) is 14.5. The zero-order valence-corrected chi connectivity index (χ0v) is 12.6. The molecule has 0 heterocycles. The fraction of sp³-hybridized carbons (Fsp3) is 0.231. The number of aliphatic hydroxyl groups is 1. The molecule has 0 saturated heterocycles. The largest absolute Gasteiger partial charge is 2.00 e. The summed E-state index contributed by atoms with van der Waals surface area (Å²) in [4.78, 5) is 0. The molecule has 0 saturated carbocycles. The van der Waals surface area contributed by atoms with Crippen LogP contribution < -0.4 is 24.8 Å². The van der Waals surface area contributed by atoms with Gasteiger partial charge in [-0.05, 0) is 18.1 Å². The van der Waals surface area contributed by atoms with Gasteiger partial charge in [0.25, 0.3) is 0 Å². The number of rotatable bonds is 2. The van der Waals surface area contributed by atoms with Crippen LogP contribution in [0, 0.1) is 0 Å². The second-order valence-electron chi connectivity index (χ2n) is 3.60. The molecule has 1 N–H and O–H groups in total. The molecule has 1 atom stereocenters. The molecule has 1 unspecified atom stereocenters. The zero-order valence-electron chi connectivity index (χ0n) is 9.48.